The maximum Gasteiger partial charge on any atom is 0.147 e. The molecule has 0 fully saturated rings. The Morgan fingerprint density at radius 1 is 0.558 bits per heavy atom. The summed E-state index contributed by atoms with van der Waals surface area (Å²) in [4.78, 5) is 14.3. The number of nitrogens with one attached hydrogen (secondary N) is 1. The van der Waals surface area contributed by atoms with E-state index in [4.69, 9.17) is 9.97 Å². The number of hydrogen-bond acceptors (Lipinski definition) is 2. The first-order valence-corrected chi connectivity index (χ1v) is 18.2. The highest BCUT2D eigenvalue weighted by molar-refractivity contribution is 6.13. The molecule has 0 amide bonds. The fraction of sp³-hybridized carbons (Fsp3) is 0.167. The minimum Gasteiger partial charge on any atom is -0.354 e. The van der Waals surface area contributed by atoms with Gasteiger partial charge in [-0.1, -0.05) is 108 Å². The second-order valence-corrected chi connectivity index (χ2v) is 16.1. The summed E-state index contributed by atoms with van der Waals surface area (Å²) in [5.74, 6) is 0.915. The third-order valence-corrected chi connectivity index (χ3v) is 10.5. The lowest BCUT2D eigenvalue weighted by Crippen LogP contribution is -2.11. The van der Waals surface area contributed by atoms with Gasteiger partial charge < -0.3 is 4.98 Å². The van der Waals surface area contributed by atoms with Crippen LogP contribution in [0.15, 0.2) is 140 Å². The predicted molar refractivity (Wildman–Crippen MR) is 219 cm³/mol. The lowest BCUT2D eigenvalue weighted by atomic mass is 9.84. The average Bonchev–Trinajstić information content (AvgIpc) is 3.72. The maximum atomic E-state index is 5.65. The van der Waals surface area contributed by atoms with E-state index in [1.807, 2.05) is 12.3 Å². The molecule has 1 N–H and O–H groups in total. The molecule has 0 spiro atoms. The molecule has 0 unspecified atom stereocenters. The Morgan fingerprint density at radius 2 is 1.31 bits per heavy atom. The van der Waals surface area contributed by atoms with E-state index in [9.17, 15) is 0 Å². The molecule has 6 aromatic carbocycles. The summed E-state index contributed by atoms with van der Waals surface area (Å²) in [5, 5.41) is 4.83. The number of aromatic nitrogens is 4. The molecule has 4 nitrogen and oxygen atoms in total. The van der Waals surface area contributed by atoms with Gasteiger partial charge in [0, 0.05) is 44.9 Å². The van der Waals surface area contributed by atoms with Crippen LogP contribution < -0.4 is 0 Å². The summed E-state index contributed by atoms with van der Waals surface area (Å²) < 4.78 is 2.34. The minimum atomic E-state index is -0.0735. The number of benzene rings is 6. The minimum absolute atomic E-state index is 0.0408. The van der Waals surface area contributed by atoms with Crippen LogP contribution in [0.4, 0.5) is 0 Å². The van der Waals surface area contributed by atoms with E-state index in [-0.39, 0.29) is 10.8 Å². The third kappa shape index (κ3) is 5.29. The Hall–Kier alpha value is -6.00. The van der Waals surface area contributed by atoms with Crippen LogP contribution in [-0.2, 0) is 10.8 Å². The zero-order valence-electron chi connectivity index (χ0n) is 30.6. The van der Waals surface area contributed by atoms with E-state index in [0.717, 1.165) is 61.5 Å². The van der Waals surface area contributed by atoms with Gasteiger partial charge >= 0.3 is 0 Å². The van der Waals surface area contributed by atoms with Crippen LogP contribution in [0.5, 0.6) is 0 Å². The highest BCUT2D eigenvalue weighted by atomic mass is 15.1. The summed E-state index contributed by atoms with van der Waals surface area (Å²) in [7, 11) is 0. The zero-order chi connectivity index (χ0) is 35.8. The van der Waals surface area contributed by atoms with E-state index in [0.29, 0.717) is 0 Å². The first-order chi connectivity index (χ1) is 25.0. The number of hydrogen-bond donors (Lipinski definition) is 1. The lowest BCUT2D eigenvalue weighted by Gasteiger charge is -2.21. The topological polar surface area (TPSA) is 46.5 Å². The van der Waals surface area contributed by atoms with Gasteiger partial charge in [-0.2, -0.15) is 0 Å². The van der Waals surface area contributed by atoms with E-state index in [1.165, 1.54) is 32.7 Å². The molecular weight excluding hydrogens is 633 g/mol. The molecule has 0 bridgehead atoms. The second-order valence-electron chi connectivity index (χ2n) is 16.1. The molecular formula is C48H42N4. The van der Waals surface area contributed by atoms with Crippen molar-refractivity contribution in [2.24, 2.45) is 0 Å². The van der Waals surface area contributed by atoms with Gasteiger partial charge in [0.2, 0.25) is 0 Å². The standard InChI is InChI=1S/C48H42N4/c1-47(2,3)32-22-23-42-38(27-32)39-28-33(48(4,5)6)29-40(44(39)50-42)46-51-45-36(19-14-21-43(45)52(46)34-16-8-7-9-17-34)31-25-30-15-10-11-18-35(30)37(26-31)41-20-12-13-24-49-41/h7-29,50H,1-6H3. The summed E-state index contributed by atoms with van der Waals surface area (Å²) >= 11 is 0. The fourth-order valence-corrected chi connectivity index (χ4v) is 7.63. The first-order valence-electron chi connectivity index (χ1n) is 18.2. The molecule has 254 valence electrons. The number of pyridine rings is 1. The Balaban J connectivity index is 1.37. The first kappa shape index (κ1) is 31.9. The maximum absolute atomic E-state index is 5.65. The molecule has 0 saturated carbocycles. The largest absolute Gasteiger partial charge is 0.354 e. The number of rotatable bonds is 4. The van der Waals surface area contributed by atoms with Gasteiger partial charge in [0.15, 0.2) is 0 Å². The molecule has 0 radical (unpaired) electrons. The van der Waals surface area contributed by atoms with Crippen LogP contribution in [0.3, 0.4) is 0 Å². The number of H-pyrrole nitrogens is 1. The van der Waals surface area contributed by atoms with Gasteiger partial charge in [-0.25, -0.2) is 4.98 Å². The molecule has 0 saturated heterocycles. The number of para-hydroxylation sites is 2. The van der Waals surface area contributed by atoms with Crippen LogP contribution in [0.25, 0.3) is 83.1 Å². The molecule has 3 aromatic heterocycles. The Labute approximate surface area is 304 Å². The normalized spacial score (nSPS) is 12.4. The smallest absolute Gasteiger partial charge is 0.147 e. The van der Waals surface area contributed by atoms with Gasteiger partial charge in [-0.3, -0.25) is 9.55 Å². The van der Waals surface area contributed by atoms with Crippen LogP contribution >= 0.6 is 0 Å². The van der Waals surface area contributed by atoms with Crippen molar-refractivity contribution in [3.05, 3.63) is 151 Å². The van der Waals surface area contributed by atoms with Gasteiger partial charge in [-0.05, 0) is 105 Å². The van der Waals surface area contributed by atoms with E-state index < -0.39 is 0 Å². The Morgan fingerprint density at radius 3 is 2.08 bits per heavy atom. The number of fused-ring (bicyclic) bond motifs is 5. The van der Waals surface area contributed by atoms with Crippen molar-refractivity contribution in [1.29, 1.82) is 0 Å². The van der Waals surface area contributed by atoms with Crippen molar-refractivity contribution < 1.29 is 0 Å². The number of imidazole rings is 1. The Bertz CT molecular complexity index is 2790. The average molecular weight is 675 g/mol. The molecule has 3 heterocycles. The predicted octanol–water partition coefficient (Wildman–Crippen LogP) is 12.8. The fourth-order valence-electron chi connectivity index (χ4n) is 7.63. The van der Waals surface area contributed by atoms with Crippen LogP contribution in [0, 0.1) is 0 Å². The molecule has 0 atom stereocenters. The summed E-state index contributed by atoms with van der Waals surface area (Å²) in [5.41, 5.74) is 13.3. The summed E-state index contributed by atoms with van der Waals surface area (Å²) in [6.45, 7) is 13.7. The highest BCUT2D eigenvalue weighted by Gasteiger charge is 2.25. The Kier molecular flexibility index (Phi) is 7.24. The van der Waals surface area contributed by atoms with Gasteiger partial charge in [0.1, 0.15) is 5.82 Å². The monoisotopic (exact) mass is 674 g/mol. The van der Waals surface area contributed by atoms with Crippen molar-refractivity contribution in [3.8, 4) is 39.5 Å². The van der Waals surface area contributed by atoms with E-state index in [2.05, 4.69) is 178 Å². The zero-order valence-corrected chi connectivity index (χ0v) is 30.6. The molecule has 0 aliphatic heterocycles. The molecule has 9 aromatic rings. The molecule has 0 aliphatic carbocycles. The van der Waals surface area contributed by atoms with Gasteiger partial charge in [-0.15, -0.1) is 0 Å². The van der Waals surface area contributed by atoms with Crippen LogP contribution in [-0.4, -0.2) is 19.5 Å². The van der Waals surface area contributed by atoms with E-state index >= 15 is 0 Å². The van der Waals surface area contributed by atoms with Crippen molar-refractivity contribution >= 4 is 43.6 Å². The second kappa shape index (κ2) is 11.8. The number of nitrogens with zero attached hydrogens (tertiary/aromatic N) is 3. The van der Waals surface area contributed by atoms with Crippen molar-refractivity contribution in [3.63, 3.8) is 0 Å². The summed E-state index contributed by atoms with van der Waals surface area (Å²) in [6.07, 6.45) is 1.87. The molecule has 4 heteroatoms. The molecule has 0 aliphatic rings. The van der Waals surface area contributed by atoms with Gasteiger partial charge in [0.25, 0.3) is 0 Å². The SMILES string of the molecule is CC(C)(C)c1ccc2[nH]c3c(-c4nc5c(-c6cc(-c7ccccn7)c7ccccc7c6)cccc5n4-c4ccccc4)cc(C(C)(C)C)cc3c2c1. The number of aromatic amines is 1. The highest BCUT2D eigenvalue weighted by Crippen LogP contribution is 2.43. The molecule has 9 rings (SSSR count). The molecule has 52 heavy (non-hydrogen) atoms. The summed E-state index contributed by atoms with van der Waals surface area (Å²) in [6, 6.07) is 48.1. The van der Waals surface area contributed by atoms with Crippen LogP contribution in [0.1, 0.15) is 52.7 Å². The van der Waals surface area contributed by atoms with Crippen molar-refractivity contribution in [2.45, 2.75) is 52.4 Å². The van der Waals surface area contributed by atoms with Gasteiger partial charge in [0.05, 0.1) is 22.2 Å². The lowest BCUT2D eigenvalue weighted by molar-refractivity contribution is 0.590. The van der Waals surface area contributed by atoms with Crippen LogP contribution in [0.2, 0.25) is 0 Å². The third-order valence-electron chi connectivity index (χ3n) is 10.5. The van der Waals surface area contributed by atoms with Crippen molar-refractivity contribution in [1.82, 2.24) is 19.5 Å². The quantitative estimate of drug-likeness (QED) is 0.202. The van der Waals surface area contributed by atoms with Crippen molar-refractivity contribution in [2.75, 3.05) is 0 Å². The van der Waals surface area contributed by atoms with E-state index in [1.54, 1.807) is 0 Å².